The van der Waals surface area contributed by atoms with Crippen molar-refractivity contribution in [2.75, 3.05) is 20.1 Å². The van der Waals surface area contributed by atoms with Crippen molar-refractivity contribution in [1.82, 2.24) is 10.2 Å². The molecule has 0 saturated carbocycles. The zero-order chi connectivity index (χ0) is 12.7. The standard InChI is InChI=1S/C12H21N3O2/c1-10(15(2)7-4-6-13)12(16)14-9-11-5-3-8-17-11/h3,5,8,10H,4,6-7,9,13H2,1-2H3,(H,14,16). The van der Waals surface area contributed by atoms with E-state index in [2.05, 4.69) is 5.32 Å². The highest BCUT2D eigenvalue weighted by Crippen LogP contribution is 2.01. The highest BCUT2D eigenvalue weighted by Gasteiger charge is 2.17. The van der Waals surface area contributed by atoms with Crippen LogP contribution >= 0.6 is 0 Å². The van der Waals surface area contributed by atoms with Gasteiger partial charge in [0.1, 0.15) is 5.76 Å². The number of amides is 1. The second kappa shape index (κ2) is 7.09. The van der Waals surface area contributed by atoms with Gasteiger partial charge >= 0.3 is 0 Å². The molecule has 0 aliphatic carbocycles. The molecule has 0 aliphatic heterocycles. The van der Waals surface area contributed by atoms with Gasteiger partial charge in [-0.1, -0.05) is 0 Å². The first-order chi connectivity index (χ1) is 8.15. The number of nitrogens with two attached hydrogens (primary N) is 1. The molecular formula is C12H21N3O2. The zero-order valence-corrected chi connectivity index (χ0v) is 10.5. The monoisotopic (exact) mass is 239 g/mol. The van der Waals surface area contributed by atoms with Gasteiger partial charge in [-0.2, -0.15) is 0 Å². The molecule has 5 heteroatoms. The Morgan fingerprint density at radius 1 is 1.65 bits per heavy atom. The number of nitrogens with one attached hydrogen (secondary N) is 1. The quantitative estimate of drug-likeness (QED) is 0.729. The normalized spacial score (nSPS) is 12.7. The molecule has 1 heterocycles. The number of carbonyl (C=O) groups is 1. The molecule has 1 rings (SSSR count). The third-order valence-electron chi connectivity index (χ3n) is 2.77. The minimum atomic E-state index is -0.156. The van der Waals surface area contributed by atoms with Gasteiger partial charge in [-0.3, -0.25) is 9.69 Å². The van der Waals surface area contributed by atoms with E-state index in [0.29, 0.717) is 13.1 Å². The maximum absolute atomic E-state index is 11.8. The zero-order valence-electron chi connectivity index (χ0n) is 10.5. The molecule has 0 aliphatic rings. The Bertz CT molecular complexity index is 325. The molecule has 0 aromatic carbocycles. The Balaban J connectivity index is 2.31. The van der Waals surface area contributed by atoms with Crippen molar-refractivity contribution in [2.24, 2.45) is 5.73 Å². The van der Waals surface area contributed by atoms with Gasteiger partial charge in [0.05, 0.1) is 18.8 Å². The van der Waals surface area contributed by atoms with Gasteiger partial charge in [-0.05, 0) is 45.6 Å². The number of likely N-dealkylation sites (N-methyl/N-ethyl adjacent to an activating group) is 1. The van der Waals surface area contributed by atoms with Crippen molar-refractivity contribution in [2.45, 2.75) is 25.9 Å². The fraction of sp³-hybridized carbons (Fsp3) is 0.583. The van der Waals surface area contributed by atoms with Crippen LogP contribution in [-0.2, 0) is 11.3 Å². The highest BCUT2D eigenvalue weighted by atomic mass is 16.3. The Hall–Kier alpha value is -1.33. The SMILES string of the molecule is CC(C(=O)NCc1ccco1)N(C)CCCN. The average Bonchev–Trinajstić information content (AvgIpc) is 2.85. The van der Waals surface area contributed by atoms with Crippen LogP contribution in [0, 0.1) is 0 Å². The van der Waals surface area contributed by atoms with E-state index in [9.17, 15) is 4.79 Å². The molecule has 1 atom stereocenters. The topological polar surface area (TPSA) is 71.5 Å². The third kappa shape index (κ3) is 4.58. The summed E-state index contributed by atoms with van der Waals surface area (Å²) in [6.07, 6.45) is 2.49. The van der Waals surface area contributed by atoms with E-state index in [0.717, 1.165) is 18.7 Å². The molecule has 17 heavy (non-hydrogen) atoms. The van der Waals surface area contributed by atoms with Gasteiger partial charge in [-0.25, -0.2) is 0 Å². The van der Waals surface area contributed by atoms with E-state index >= 15 is 0 Å². The Morgan fingerprint density at radius 3 is 3.00 bits per heavy atom. The predicted octanol–water partition coefficient (Wildman–Crippen LogP) is 0.565. The van der Waals surface area contributed by atoms with Crippen LogP contribution in [0.4, 0.5) is 0 Å². The maximum atomic E-state index is 11.8. The van der Waals surface area contributed by atoms with Crippen molar-refractivity contribution in [3.63, 3.8) is 0 Å². The Morgan fingerprint density at radius 2 is 2.41 bits per heavy atom. The van der Waals surface area contributed by atoms with Crippen LogP contribution in [0.3, 0.4) is 0 Å². The second-order valence-corrected chi connectivity index (χ2v) is 4.10. The molecule has 0 radical (unpaired) electrons. The van der Waals surface area contributed by atoms with Crippen LogP contribution in [0.2, 0.25) is 0 Å². The van der Waals surface area contributed by atoms with E-state index < -0.39 is 0 Å². The minimum absolute atomic E-state index is 0.000853. The number of hydrogen-bond donors (Lipinski definition) is 2. The lowest BCUT2D eigenvalue weighted by Gasteiger charge is -2.23. The molecule has 3 N–H and O–H groups in total. The first-order valence-corrected chi connectivity index (χ1v) is 5.85. The van der Waals surface area contributed by atoms with E-state index in [1.807, 2.05) is 24.9 Å². The molecule has 1 unspecified atom stereocenters. The number of hydrogen-bond acceptors (Lipinski definition) is 4. The summed E-state index contributed by atoms with van der Waals surface area (Å²) in [6.45, 7) is 3.78. The lowest BCUT2D eigenvalue weighted by Crippen LogP contribution is -2.43. The highest BCUT2D eigenvalue weighted by molar-refractivity contribution is 5.81. The summed E-state index contributed by atoms with van der Waals surface area (Å²) >= 11 is 0. The molecule has 5 nitrogen and oxygen atoms in total. The fourth-order valence-electron chi connectivity index (χ4n) is 1.47. The summed E-state index contributed by atoms with van der Waals surface area (Å²) in [7, 11) is 1.92. The fourth-order valence-corrected chi connectivity index (χ4v) is 1.47. The Kier molecular flexibility index (Phi) is 5.72. The summed E-state index contributed by atoms with van der Waals surface area (Å²) in [5.41, 5.74) is 5.44. The van der Waals surface area contributed by atoms with E-state index in [4.69, 9.17) is 10.2 Å². The molecule has 0 bridgehead atoms. The largest absolute Gasteiger partial charge is 0.467 e. The van der Waals surface area contributed by atoms with E-state index in [1.165, 1.54) is 0 Å². The number of carbonyl (C=O) groups excluding carboxylic acids is 1. The Labute approximate surface area is 102 Å². The molecular weight excluding hydrogens is 218 g/mol. The maximum Gasteiger partial charge on any atom is 0.237 e. The van der Waals surface area contributed by atoms with Gasteiger partial charge in [0.2, 0.25) is 5.91 Å². The summed E-state index contributed by atoms with van der Waals surface area (Å²) < 4.78 is 5.14. The van der Waals surface area contributed by atoms with Crippen molar-refractivity contribution in [3.05, 3.63) is 24.2 Å². The molecule has 96 valence electrons. The molecule has 1 amide bonds. The van der Waals surface area contributed by atoms with Gasteiger partial charge < -0.3 is 15.5 Å². The smallest absolute Gasteiger partial charge is 0.237 e. The van der Waals surface area contributed by atoms with Gasteiger partial charge in [0.15, 0.2) is 0 Å². The molecule has 0 spiro atoms. The minimum Gasteiger partial charge on any atom is -0.467 e. The predicted molar refractivity (Wildman–Crippen MR) is 66.3 cm³/mol. The molecule has 0 fully saturated rings. The summed E-state index contributed by atoms with van der Waals surface area (Å²) in [6, 6.07) is 3.48. The van der Waals surface area contributed by atoms with Crippen molar-refractivity contribution in [3.8, 4) is 0 Å². The second-order valence-electron chi connectivity index (χ2n) is 4.10. The number of rotatable bonds is 7. The first-order valence-electron chi connectivity index (χ1n) is 5.85. The number of furan rings is 1. The van der Waals surface area contributed by atoms with Crippen LogP contribution in [-0.4, -0.2) is 37.0 Å². The third-order valence-corrected chi connectivity index (χ3v) is 2.77. The van der Waals surface area contributed by atoms with Crippen molar-refractivity contribution in [1.29, 1.82) is 0 Å². The molecule has 0 saturated heterocycles. The van der Waals surface area contributed by atoms with Crippen LogP contribution in [0.15, 0.2) is 22.8 Å². The van der Waals surface area contributed by atoms with Crippen LogP contribution in [0.1, 0.15) is 19.1 Å². The van der Waals surface area contributed by atoms with Gasteiger partial charge in [-0.15, -0.1) is 0 Å². The molecule has 1 aromatic heterocycles. The van der Waals surface area contributed by atoms with Crippen LogP contribution in [0.25, 0.3) is 0 Å². The molecule has 1 aromatic rings. The van der Waals surface area contributed by atoms with E-state index in [1.54, 1.807) is 12.3 Å². The lowest BCUT2D eigenvalue weighted by atomic mass is 10.2. The van der Waals surface area contributed by atoms with E-state index in [-0.39, 0.29) is 11.9 Å². The average molecular weight is 239 g/mol. The summed E-state index contributed by atoms with van der Waals surface area (Å²) in [5.74, 6) is 0.760. The summed E-state index contributed by atoms with van der Waals surface area (Å²) in [4.78, 5) is 13.8. The first kappa shape index (κ1) is 13.7. The lowest BCUT2D eigenvalue weighted by molar-refractivity contribution is -0.125. The summed E-state index contributed by atoms with van der Waals surface area (Å²) in [5, 5.41) is 2.84. The van der Waals surface area contributed by atoms with Crippen LogP contribution in [0.5, 0.6) is 0 Å². The number of nitrogens with zero attached hydrogens (tertiary/aromatic N) is 1. The van der Waals surface area contributed by atoms with Gasteiger partial charge in [0, 0.05) is 0 Å². The van der Waals surface area contributed by atoms with Crippen molar-refractivity contribution < 1.29 is 9.21 Å². The van der Waals surface area contributed by atoms with Crippen LogP contribution < -0.4 is 11.1 Å². The van der Waals surface area contributed by atoms with Gasteiger partial charge in [0.25, 0.3) is 0 Å². The van der Waals surface area contributed by atoms with Crippen molar-refractivity contribution >= 4 is 5.91 Å².